The molecule has 4 heteroatoms. The molecule has 114 valence electrons. The van der Waals surface area contributed by atoms with Crippen LogP contribution in [0, 0.1) is 0 Å². The van der Waals surface area contributed by atoms with Crippen LogP contribution in [0.25, 0.3) is 0 Å². The van der Waals surface area contributed by atoms with Crippen molar-refractivity contribution in [3.63, 3.8) is 0 Å². The fraction of sp³-hybridized carbons (Fsp3) is 0.471. The molecular formula is C17H24N2O2. The van der Waals surface area contributed by atoms with Crippen molar-refractivity contribution in [2.45, 2.75) is 25.8 Å². The van der Waals surface area contributed by atoms with Crippen molar-refractivity contribution < 1.29 is 9.53 Å². The number of ether oxygens (including phenoxy) is 1. The Balaban J connectivity index is 2.11. The smallest absolute Gasteiger partial charge is 0.308 e. The zero-order chi connectivity index (χ0) is 15.1. The number of allylic oxidation sites excluding steroid dienone is 1. The van der Waals surface area contributed by atoms with Crippen LogP contribution in [0.15, 0.2) is 36.9 Å². The number of piperazine rings is 1. The highest BCUT2D eigenvalue weighted by atomic mass is 16.5. The maximum Gasteiger partial charge on any atom is 0.308 e. The van der Waals surface area contributed by atoms with Crippen LogP contribution in [0.2, 0.25) is 0 Å². The Kier molecular flexibility index (Phi) is 5.96. The highest BCUT2D eigenvalue weighted by Gasteiger charge is 2.21. The summed E-state index contributed by atoms with van der Waals surface area (Å²) in [5.41, 5.74) is 1.27. The van der Waals surface area contributed by atoms with Gasteiger partial charge in [0.05, 0.1) is 0 Å². The Morgan fingerprint density at radius 1 is 1.38 bits per heavy atom. The third-order valence-corrected chi connectivity index (χ3v) is 3.76. The van der Waals surface area contributed by atoms with Crippen molar-refractivity contribution in [1.29, 1.82) is 0 Å². The minimum atomic E-state index is -0.284. The average molecular weight is 288 g/mol. The van der Waals surface area contributed by atoms with Gasteiger partial charge in [-0.1, -0.05) is 18.2 Å². The summed E-state index contributed by atoms with van der Waals surface area (Å²) in [5, 5.41) is 3.39. The Morgan fingerprint density at radius 2 is 2.05 bits per heavy atom. The van der Waals surface area contributed by atoms with E-state index >= 15 is 0 Å². The minimum absolute atomic E-state index is 0.284. The SMILES string of the molecule is C=CCC[C@@H](c1ccc(OC(C)=O)cc1)N1CCNCC1. The normalized spacial score (nSPS) is 17.2. The third kappa shape index (κ3) is 4.69. The van der Waals surface area contributed by atoms with Gasteiger partial charge in [0.15, 0.2) is 0 Å². The van der Waals surface area contributed by atoms with Crippen LogP contribution in [0.5, 0.6) is 5.75 Å². The first kappa shape index (κ1) is 15.7. The maximum absolute atomic E-state index is 11.0. The third-order valence-electron chi connectivity index (χ3n) is 3.76. The Hall–Kier alpha value is -1.65. The van der Waals surface area contributed by atoms with E-state index in [0.717, 1.165) is 39.0 Å². The lowest BCUT2D eigenvalue weighted by atomic mass is 9.99. The van der Waals surface area contributed by atoms with E-state index in [1.165, 1.54) is 12.5 Å². The molecule has 1 fully saturated rings. The molecule has 0 bridgehead atoms. The number of esters is 1. The fourth-order valence-electron chi connectivity index (χ4n) is 2.75. The average Bonchev–Trinajstić information content (AvgIpc) is 2.50. The number of carbonyl (C=O) groups is 1. The quantitative estimate of drug-likeness (QED) is 0.496. The van der Waals surface area contributed by atoms with Gasteiger partial charge in [-0.25, -0.2) is 0 Å². The number of nitrogens with one attached hydrogen (secondary N) is 1. The molecular weight excluding hydrogens is 264 g/mol. The van der Waals surface area contributed by atoms with Gasteiger partial charge in [0, 0.05) is 39.1 Å². The number of hydrogen-bond donors (Lipinski definition) is 1. The number of nitrogens with zero attached hydrogens (tertiary/aromatic N) is 1. The molecule has 1 atom stereocenters. The monoisotopic (exact) mass is 288 g/mol. The van der Waals surface area contributed by atoms with E-state index < -0.39 is 0 Å². The molecule has 1 N–H and O–H groups in total. The molecule has 1 aromatic carbocycles. The van der Waals surface area contributed by atoms with Gasteiger partial charge in [0.25, 0.3) is 0 Å². The summed E-state index contributed by atoms with van der Waals surface area (Å²) in [5.74, 6) is 0.321. The molecule has 0 saturated carbocycles. The minimum Gasteiger partial charge on any atom is -0.427 e. The number of benzene rings is 1. The highest BCUT2D eigenvalue weighted by Crippen LogP contribution is 2.27. The number of rotatable bonds is 6. The van der Waals surface area contributed by atoms with Crippen LogP contribution in [0.4, 0.5) is 0 Å². The summed E-state index contributed by atoms with van der Waals surface area (Å²) in [4.78, 5) is 13.5. The van der Waals surface area contributed by atoms with E-state index in [2.05, 4.69) is 28.9 Å². The Labute approximate surface area is 126 Å². The molecule has 0 aliphatic carbocycles. The first-order valence-electron chi connectivity index (χ1n) is 7.54. The van der Waals surface area contributed by atoms with Crippen LogP contribution in [0.3, 0.4) is 0 Å². The summed E-state index contributed by atoms with van der Waals surface area (Å²) >= 11 is 0. The standard InChI is InChI=1S/C17H24N2O2/c1-3-4-5-17(19-12-10-18-11-13-19)15-6-8-16(9-7-15)21-14(2)20/h3,6-9,17-18H,1,4-5,10-13H2,2H3/t17-/m0/s1. The highest BCUT2D eigenvalue weighted by molar-refractivity contribution is 5.69. The van der Waals surface area contributed by atoms with Crippen molar-refractivity contribution >= 4 is 5.97 Å². The summed E-state index contributed by atoms with van der Waals surface area (Å²) in [7, 11) is 0. The van der Waals surface area contributed by atoms with Crippen molar-refractivity contribution in [1.82, 2.24) is 10.2 Å². The molecule has 21 heavy (non-hydrogen) atoms. The van der Waals surface area contributed by atoms with E-state index in [-0.39, 0.29) is 5.97 Å². The Bertz CT molecular complexity index is 464. The summed E-state index contributed by atoms with van der Waals surface area (Å²) < 4.78 is 5.10. The van der Waals surface area contributed by atoms with E-state index in [1.54, 1.807) is 0 Å². The number of carbonyl (C=O) groups excluding carboxylic acids is 1. The summed E-state index contributed by atoms with van der Waals surface area (Å²) in [6.07, 6.45) is 4.04. The topological polar surface area (TPSA) is 41.6 Å². The molecule has 0 unspecified atom stereocenters. The van der Waals surface area contributed by atoms with E-state index in [0.29, 0.717) is 11.8 Å². The second-order valence-corrected chi connectivity index (χ2v) is 5.33. The van der Waals surface area contributed by atoms with Crippen molar-refractivity contribution in [3.8, 4) is 5.75 Å². The lowest BCUT2D eigenvalue weighted by Gasteiger charge is -2.35. The Morgan fingerprint density at radius 3 is 2.62 bits per heavy atom. The van der Waals surface area contributed by atoms with Gasteiger partial charge in [0.2, 0.25) is 0 Å². The van der Waals surface area contributed by atoms with E-state index in [4.69, 9.17) is 4.74 Å². The van der Waals surface area contributed by atoms with Crippen LogP contribution >= 0.6 is 0 Å². The molecule has 4 nitrogen and oxygen atoms in total. The maximum atomic E-state index is 11.0. The van der Waals surface area contributed by atoms with Gasteiger partial charge in [0.1, 0.15) is 5.75 Å². The molecule has 1 aromatic rings. The molecule has 0 amide bonds. The second-order valence-electron chi connectivity index (χ2n) is 5.33. The van der Waals surface area contributed by atoms with E-state index in [1.807, 2.05) is 18.2 Å². The summed E-state index contributed by atoms with van der Waals surface area (Å²) in [6, 6.07) is 8.28. The van der Waals surface area contributed by atoms with Gasteiger partial charge in [-0.15, -0.1) is 6.58 Å². The first-order valence-corrected chi connectivity index (χ1v) is 7.54. The van der Waals surface area contributed by atoms with Crippen LogP contribution < -0.4 is 10.1 Å². The van der Waals surface area contributed by atoms with Crippen LogP contribution in [-0.4, -0.2) is 37.0 Å². The van der Waals surface area contributed by atoms with Crippen LogP contribution in [-0.2, 0) is 4.79 Å². The fourth-order valence-corrected chi connectivity index (χ4v) is 2.75. The molecule has 2 rings (SSSR count). The zero-order valence-corrected chi connectivity index (χ0v) is 12.7. The summed E-state index contributed by atoms with van der Waals surface area (Å²) in [6.45, 7) is 9.45. The van der Waals surface area contributed by atoms with Crippen molar-refractivity contribution in [2.75, 3.05) is 26.2 Å². The van der Waals surface area contributed by atoms with Crippen LogP contribution in [0.1, 0.15) is 31.4 Å². The zero-order valence-electron chi connectivity index (χ0n) is 12.7. The van der Waals surface area contributed by atoms with Gasteiger partial charge in [-0.05, 0) is 30.5 Å². The van der Waals surface area contributed by atoms with Gasteiger partial charge in [-0.2, -0.15) is 0 Å². The lowest BCUT2D eigenvalue weighted by molar-refractivity contribution is -0.131. The molecule has 1 aliphatic rings. The van der Waals surface area contributed by atoms with Gasteiger partial charge < -0.3 is 10.1 Å². The van der Waals surface area contributed by atoms with E-state index in [9.17, 15) is 4.79 Å². The molecule has 1 heterocycles. The number of hydrogen-bond acceptors (Lipinski definition) is 4. The molecule has 1 aliphatic heterocycles. The molecule has 0 spiro atoms. The predicted octanol–water partition coefficient (Wildman–Crippen LogP) is 2.52. The van der Waals surface area contributed by atoms with Crippen molar-refractivity contribution in [2.24, 2.45) is 0 Å². The molecule has 1 saturated heterocycles. The van der Waals surface area contributed by atoms with Crippen molar-refractivity contribution in [3.05, 3.63) is 42.5 Å². The lowest BCUT2D eigenvalue weighted by Crippen LogP contribution is -2.45. The first-order chi connectivity index (χ1) is 10.2. The molecule has 0 radical (unpaired) electrons. The predicted molar refractivity (Wildman–Crippen MR) is 84.4 cm³/mol. The largest absolute Gasteiger partial charge is 0.427 e. The second kappa shape index (κ2) is 7.96. The van der Waals surface area contributed by atoms with Gasteiger partial charge >= 0.3 is 5.97 Å². The molecule has 0 aromatic heterocycles. The van der Waals surface area contributed by atoms with Gasteiger partial charge in [-0.3, -0.25) is 9.69 Å².